The third-order valence-corrected chi connectivity index (χ3v) is 3.99. The van der Waals surface area contributed by atoms with E-state index in [1.54, 1.807) is 45.0 Å². The minimum atomic E-state index is -0.912. The summed E-state index contributed by atoms with van der Waals surface area (Å²) in [6.07, 6.45) is 0.738. The summed E-state index contributed by atoms with van der Waals surface area (Å²) in [5.74, 6) is -1.45. The Balaban J connectivity index is 3.02. The number of carbonyl (C=O) groups is 3. The average Bonchev–Trinajstić information content (AvgIpc) is 2.61. The number of ether oxygens (including phenoxy) is 2. The molecule has 0 aliphatic carbocycles. The number of ketones is 1. The van der Waals surface area contributed by atoms with Crippen LogP contribution in [0.2, 0.25) is 0 Å². The molecule has 0 aromatic heterocycles. The lowest BCUT2D eigenvalue weighted by Gasteiger charge is -2.25. The molecule has 0 saturated carbocycles. The van der Waals surface area contributed by atoms with Crippen molar-refractivity contribution in [2.45, 2.75) is 52.7 Å². The van der Waals surface area contributed by atoms with Crippen molar-refractivity contribution in [3.8, 4) is 0 Å². The fraction of sp³-hybridized carbons (Fsp3) is 0.500. The fourth-order valence-electron chi connectivity index (χ4n) is 2.59. The molecule has 1 aromatic rings. The van der Waals surface area contributed by atoms with E-state index in [1.807, 2.05) is 19.9 Å². The summed E-state index contributed by atoms with van der Waals surface area (Å²) in [6, 6.07) is 7.97. The van der Waals surface area contributed by atoms with Crippen molar-refractivity contribution < 1.29 is 23.9 Å². The summed E-state index contributed by atoms with van der Waals surface area (Å²) in [5.41, 5.74) is -0.0658. The van der Waals surface area contributed by atoms with Crippen LogP contribution >= 0.6 is 0 Å². The molecular weight excluding hydrogens is 358 g/mol. The van der Waals surface area contributed by atoms with E-state index >= 15 is 0 Å². The van der Waals surface area contributed by atoms with Crippen LogP contribution in [0.5, 0.6) is 0 Å². The normalized spacial score (nSPS) is 13.4. The quantitative estimate of drug-likeness (QED) is 0.505. The molecule has 2 atom stereocenters. The van der Waals surface area contributed by atoms with E-state index in [9.17, 15) is 14.4 Å². The van der Waals surface area contributed by atoms with Gasteiger partial charge in [0, 0.05) is 6.42 Å². The summed E-state index contributed by atoms with van der Waals surface area (Å²) >= 11 is 0. The van der Waals surface area contributed by atoms with Gasteiger partial charge in [-0.1, -0.05) is 56.8 Å². The van der Waals surface area contributed by atoms with Crippen LogP contribution in [0.4, 0.5) is 4.79 Å². The number of esters is 1. The molecule has 1 amide bonds. The predicted octanol–water partition coefficient (Wildman–Crippen LogP) is 4.21. The molecule has 0 radical (unpaired) electrons. The van der Waals surface area contributed by atoms with Crippen LogP contribution in [0.25, 0.3) is 0 Å². The van der Waals surface area contributed by atoms with Gasteiger partial charge in [0.2, 0.25) is 0 Å². The van der Waals surface area contributed by atoms with E-state index in [4.69, 9.17) is 9.47 Å². The molecular formula is C22H31NO5. The number of rotatable bonds is 9. The van der Waals surface area contributed by atoms with E-state index in [1.165, 1.54) is 6.08 Å². The van der Waals surface area contributed by atoms with Crippen molar-refractivity contribution >= 4 is 17.8 Å². The van der Waals surface area contributed by atoms with E-state index in [-0.39, 0.29) is 24.7 Å². The highest BCUT2D eigenvalue weighted by molar-refractivity contribution is 5.91. The molecule has 0 saturated heterocycles. The highest BCUT2D eigenvalue weighted by Crippen LogP contribution is 2.24. The Labute approximate surface area is 167 Å². The lowest BCUT2D eigenvalue weighted by atomic mass is 9.87. The molecule has 154 valence electrons. The van der Waals surface area contributed by atoms with Crippen molar-refractivity contribution in [1.29, 1.82) is 0 Å². The van der Waals surface area contributed by atoms with Crippen LogP contribution in [0.15, 0.2) is 43.0 Å². The predicted molar refractivity (Wildman–Crippen MR) is 108 cm³/mol. The molecule has 0 aliphatic rings. The van der Waals surface area contributed by atoms with Gasteiger partial charge in [0.15, 0.2) is 5.78 Å². The fourth-order valence-corrected chi connectivity index (χ4v) is 2.59. The summed E-state index contributed by atoms with van der Waals surface area (Å²) < 4.78 is 10.4. The van der Waals surface area contributed by atoms with Crippen molar-refractivity contribution in [2.75, 3.05) is 6.61 Å². The van der Waals surface area contributed by atoms with Crippen LogP contribution < -0.4 is 5.32 Å². The molecule has 0 fully saturated rings. The van der Waals surface area contributed by atoms with Gasteiger partial charge in [-0.05, 0) is 32.3 Å². The van der Waals surface area contributed by atoms with Gasteiger partial charge in [-0.3, -0.25) is 9.59 Å². The van der Waals surface area contributed by atoms with E-state index in [0.29, 0.717) is 5.56 Å². The number of hydrogen-bond donors (Lipinski definition) is 1. The summed E-state index contributed by atoms with van der Waals surface area (Å²) in [4.78, 5) is 37.6. The molecule has 0 bridgehead atoms. The Kier molecular flexibility index (Phi) is 8.89. The minimum Gasteiger partial charge on any atom is -0.461 e. The maximum Gasteiger partial charge on any atom is 0.408 e. The molecule has 0 heterocycles. The number of amides is 1. The smallest absolute Gasteiger partial charge is 0.408 e. The first-order chi connectivity index (χ1) is 13.0. The highest BCUT2D eigenvalue weighted by Gasteiger charge is 2.32. The van der Waals surface area contributed by atoms with Crippen LogP contribution in [0, 0.1) is 11.8 Å². The number of benzene rings is 1. The van der Waals surface area contributed by atoms with Crippen molar-refractivity contribution in [1.82, 2.24) is 5.32 Å². The lowest BCUT2D eigenvalue weighted by molar-refractivity contribution is -0.150. The molecule has 0 spiro atoms. The number of nitrogens with one attached hydrogen (secondary N) is 1. The molecule has 1 N–H and O–H groups in total. The van der Waals surface area contributed by atoms with Gasteiger partial charge in [-0.2, -0.15) is 0 Å². The Morgan fingerprint density at radius 2 is 1.75 bits per heavy atom. The first-order valence-corrected chi connectivity index (χ1v) is 9.40. The number of hydrogen-bond acceptors (Lipinski definition) is 5. The van der Waals surface area contributed by atoms with Crippen molar-refractivity contribution in [3.05, 3.63) is 48.6 Å². The zero-order chi connectivity index (χ0) is 21.3. The molecule has 28 heavy (non-hydrogen) atoms. The molecule has 6 nitrogen and oxygen atoms in total. The average molecular weight is 389 g/mol. The SMILES string of the molecule is C=CCOC(=O)[C@@H](CC(=O)[C@@H](NC(=O)OC(C)(C)C)c1ccccc1)C(C)C. The van der Waals surface area contributed by atoms with Gasteiger partial charge in [0.1, 0.15) is 18.2 Å². The molecule has 0 aliphatic heterocycles. The zero-order valence-corrected chi connectivity index (χ0v) is 17.4. The second kappa shape index (κ2) is 10.6. The van der Waals surface area contributed by atoms with Crippen LogP contribution in [-0.2, 0) is 19.1 Å². The van der Waals surface area contributed by atoms with Crippen molar-refractivity contribution in [2.24, 2.45) is 11.8 Å². The Hall–Kier alpha value is -2.63. The Bertz CT molecular complexity index is 676. The first kappa shape index (κ1) is 23.4. The molecule has 0 unspecified atom stereocenters. The Morgan fingerprint density at radius 3 is 2.25 bits per heavy atom. The van der Waals surface area contributed by atoms with Gasteiger partial charge >= 0.3 is 12.1 Å². The van der Waals surface area contributed by atoms with Crippen LogP contribution in [0.3, 0.4) is 0 Å². The minimum absolute atomic E-state index is 0.0526. The van der Waals surface area contributed by atoms with E-state index in [2.05, 4.69) is 11.9 Å². The lowest BCUT2D eigenvalue weighted by Crippen LogP contribution is -2.39. The number of Topliss-reactive ketones (excluding diaryl/α,β-unsaturated/α-hetero) is 1. The van der Waals surface area contributed by atoms with Crippen LogP contribution in [0.1, 0.15) is 52.6 Å². The number of alkyl carbamates (subject to hydrolysis) is 1. The summed E-state index contributed by atoms with van der Waals surface area (Å²) in [7, 11) is 0. The molecule has 1 aromatic carbocycles. The standard InChI is InChI=1S/C22H31NO5/c1-7-13-27-20(25)17(15(2)3)14-18(24)19(16-11-9-8-10-12-16)23-21(26)28-22(4,5)6/h7-12,15,17,19H,1,13-14H2,2-6H3,(H,23,26)/t17-,19-/m0/s1. The second-order valence-corrected chi connectivity index (χ2v) is 7.93. The second-order valence-electron chi connectivity index (χ2n) is 7.93. The largest absolute Gasteiger partial charge is 0.461 e. The number of carbonyl (C=O) groups excluding carboxylic acids is 3. The third-order valence-electron chi connectivity index (χ3n) is 3.99. The third kappa shape index (κ3) is 7.94. The maximum absolute atomic E-state index is 13.0. The maximum atomic E-state index is 13.0. The van der Waals surface area contributed by atoms with Crippen molar-refractivity contribution in [3.63, 3.8) is 0 Å². The zero-order valence-electron chi connectivity index (χ0n) is 17.4. The summed E-state index contributed by atoms with van der Waals surface area (Å²) in [5, 5.41) is 2.64. The summed E-state index contributed by atoms with van der Waals surface area (Å²) in [6.45, 7) is 12.6. The van der Waals surface area contributed by atoms with Gasteiger partial charge in [0.05, 0.1) is 5.92 Å². The monoisotopic (exact) mass is 389 g/mol. The van der Waals surface area contributed by atoms with E-state index in [0.717, 1.165) is 0 Å². The Morgan fingerprint density at radius 1 is 1.14 bits per heavy atom. The van der Waals surface area contributed by atoms with Gasteiger partial charge in [0.25, 0.3) is 0 Å². The molecule has 1 rings (SSSR count). The highest BCUT2D eigenvalue weighted by atomic mass is 16.6. The van der Waals surface area contributed by atoms with Gasteiger partial charge < -0.3 is 14.8 Å². The van der Waals surface area contributed by atoms with Crippen LogP contribution in [-0.4, -0.2) is 30.1 Å². The van der Waals surface area contributed by atoms with Gasteiger partial charge in [-0.25, -0.2) is 4.79 Å². The van der Waals surface area contributed by atoms with Gasteiger partial charge in [-0.15, -0.1) is 0 Å². The van der Waals surface area contributed by atoms with E-state index < -0.39 is 29.6 Å². The topological polar surface area (TPSA) is 81.7 Å². The molecule has 6 heteroatoms. The first-order valence-electron chi connectivity index (χ1n) is 9.40.